The summed E-state index contributed by atoms with van der Waals surface area (Å²) < 4.78 is 21.3. The fourth-order valence-electron chi connectivity index (χ4n) is 2.83. The highest BCUT2D eigenvalue weighted by Crippen LogP contribution is 2.29. The van der Waals surface area contributed by atoms with Gasteiger partial charge in [-0.25, -0.2) is 4.79 Å². The summed E-state index contributed by atoms with van der Waals surface area (Å²) in [6.07, 6.45) is -0.579. The summed E-state index contributed by atoms with van der Waals surface area (Å²) in [4.78, 5) is 52.3. The van der Waals surface area contributed by atoms with Crippen molar-refractivity contribution >= 4 is 23.7 Å². The van der Waals surface area contributed by atoms with Crippen molar-refractivity contribution in [3.8, 4) is 0 Å². The molecule has 1 fully saturated rings. The maximum atomic E-state index is 11.6. The SMILES string of the molecule is C=CCc1c[nH]c(=O)nc1N[C@@H]1O[C@H](COC(C)=O)[C@H](OC(C)=O)[C@H]1OC(C)=O. The van der Waals surface area contributed by atoms with Crippen molar-refractivity contribution in [2.45, 2.75) is 51.7 Å². The van der Waals surface area contributed by atoms with Crippen LogP contribution in [0.25, 0.3) is 0 Å². The van der Waals surface area contributed by atoms with Gasteiger partial charge in [0, 0.05) is 32.5 Å². The van der Waals surface area contributed by atoms with E-state index in [-0.39, 0.29) is 12.4 Å². The van der Waals surface area contributed by atoms with Crippen LogP contribution in [-0.2, 0) is 39.8 Å². The third-order valence-corrected chi connectivity index (χ3v) is 3.90. The number of aromatic amines is 1. The molecule has 0 radical (unpaired) electrons. The molecule has 0 saturated carbocycles. The fourth-order valence-corrected chi connectivity index (χ4v) is 2.83. The average molecular weight is 409 g/mol. The number of ether oxygens (including phenoxy) is 4. The van der Waals surface area contributed by atoms with Gasteiger partial charge in [-0.15, -0.1) is 6.58 Å². The molecule has 11 heteroatoms. The largest absolute Gasteiger partial charge is 0.463 e. The average Bonchev–Trinajstić information content (AvgIpc) is 2.91. The highest BCUT2D eigenvalue weighted by atomic mass is 16.7. The predicted molar refractivity (Wildman–Crippen MR) is 98.8 cm³/mol. The zero-order valence-corrected chi connectivity index (χ0v) is 16.3. The van der Waals surface area contributed by atoms with Crippen LogP contribution >= 0.6 is 0 Å². The molecular weight excluding hydrogens is 386 g/mol. The van der Waals surface area contributed by atoms with Gasteiger partial charge in [0.2, 0.25) is 0 Å². The van der Waals surface area contributed by atoms with E-state index in [4.69, 9.17) is 18.9 Å². The van der Waals surface area contributed by atoms with Gasteiger partial charge >= 0.3 is 23.6 Å². The molecule has 2 N–H and O–H groups in total. The van der Waals surface area contributed by atoms with E-state index in [0.29, 0.717) is 12.0 Å². The number of rotatable bonds is 8. The lowest BCUT2D eigenvalue weighted by atomic mass is 10.1. The van der Waals surface area contributed by atoms with Gasteiger partial charge in [-0.1, -0.05) is 6.08 Å². The number of anilines is 1. The number of carbonyl (C=O) groups is 3. The Morgan fingerprint density at radius 2 is 1.86 bits per heavy atom. The first-order valence-corrected chi connectivity index (χ1v) is 8.80. The minimum Gasteiger partial charge on any atom is -0.463 e. The molecule has 1 aromatic rings. The van der Waals surface area contributed by atoms with Gasteiger partial charge in [-0.2, -0.15) is 4.98 Å². The van der Waals surface area contributed by atoms with Crippen LogP contribution in [0.4, 0.5) is 5.82 Å². The van der Waals surface area contributed by atoms with Crippen LogP contribution in [0.5, 0.6) is 0 Å². The Morgan fingerprint density at radius 1 is 1.21 bits per heavy atom. The van der Waals surface area contributed by atoms with Crippen molar-refractivity contribution in [3.05, 3.63) is 34.9 Å². The molecule has 1 aromatic heterocycles. The molecule has 0 amide bonds. The van der Waals surface area contributed by atoms with Crippen LogP contribution in [0, 0.1) is 0 Å². The van der Waals surface area contributed by atoms with Gasteiger partial charge in [0.25, 0.3) is 0 Å². The molecule has 1 saturated heterocycles. The highest BCUT2D eigenvalue weighted by molar-refractivity contribution is 5.68. The first-order valence-electron chi connectivity index (χ1n) is 8.80. The number of H-pyrrole nitrogens is 1. The van der Waals surface area contributed by atoms with E-state index in [2.05, 4.69) is 21.9 Å². The molecule has 11 nitrogen and oxygen atoms in total. The lowest BCUT2D eigenvalue weighted by molar-refractivity contribution is -0.165. The van der Waals surface area contributed by atoms with Gasteiger partial charge < -0.3 is 29.2 Å². The molecule has 0 aliphatic carbocycles. The van der Waals surface area contributed by atoms with Crippen molar-refractivity contribution in [2.24, 2.45) is 0 Å². The van der Waals surface area contributed by atoms with Crippen LogP contribution in [0.2, 0.25) is 0 Å². The number of nitrogens with one attached hydrogen (secondary N) is 2. The monoisotopic (exact) mass is 409 g/mol. The Balaban J connectivity index is 2.34. The second-order valence-electron chi connectivity index (χ2n) is 6.26. The van der Waals surface area contributed by atoms with Crippen LogP contribution < -0.4 is 11.0 Å². The smallest absolute Gasteiger partial charge is 0.346 e. The molecule has 0 bridgehead atoms. The van der Waals surface area contributed by atoms with Gasteiger partial charge in [-0.05, 0) is 6.42 Å². The number of esters is 3. The summed E-state index contributed by atoms with van der Waals surface area (Å²) in [7, 11) is 0. The maximum absolute atomic E-state index is 11.6. The Hall–Kier alpha value is -3.21. The number of nitrogens with zero attached hydrogens (tertiary/aromatic N) is 1. The second kappa shape index (κ2) is 9.82. The van der Waals surface area contributed by atoms with Crippen LogP contribution in [0.15, 0.2) is 23.6 Å². The van der Waals surface area contributed by atoms with Crippen LogP contribution in [0.3, 0.4) is 0 Å². The van der Waals surface area contributed by atoms with E-state index in [1.165, 1.54) is 27.0 Å². The minimum atomic E-state index is -1.07. The lowest BCUT2D eigenvalue weighted by Crippen LogP contribution is -2.43. The molecular formula is C18H23N3O8. The standard InChI is InChI=1S/C18H23N3O8/c1-5-6-12-7-19-18(25)21-16(12)20-17-15(28-11(4)24)14(27-10(3)23)13(29-17)8-26-9(2)22/h5,7,13-15,17H,1,6,8H2,2-4H3,(H2,19,20,21,25)/t13-,14+,15-,17-/m1/s1. The molecule has 2 heterocycles. The summed E-state index contributed by atoms with van der Waals surface area (Å²) in [5.41, 5.74) is 0.00703. The van der Waals surface area contributed by atoms with Crippen molar-refractivity contribution in [2.75, 3.05) is 11.9 Å². The van der Waals surface area contributed by atoms with E-state index in [1.54, 1.807) is 6.08 Å². The van der Waals surface area contributed by atoms with Gasteiger partial charge in [0.1, 0.15) is 18.5 Å². The predicted octanol–water partition coefficient (Wildman–Crippen LogP) is 0.0617. The Bertz CT molecular complexity index is 837. The zero-order chi connectivity index (χ0) is 21.6. The summed E-state index contributed by atoms with van der Waals surface area (Å²) in [6, 6.07) is 0. The van der Waals surface area contributed by atoms with Crippen molar-refractivity contribution < 1.29 is 33.3 Å². The van der Waals surface area contributed by atoms with Crippen molar-refractivity contribution in [3.63, 3.8) is 0 Å². The van der Waals surface area contributed by atoms with Gasteiger partial charge in [0.15, 0.2) is 18.4 Å². The van der Waals surface area contributed by atoms with E-state index < -0.39 is 48.1 Å². The molecule has 0 aromatic carbocycles. The molecule has 158 valence electrons. The fraction of sp³-hybridized carbons (Fsp3) is 0.500. The van der Waals surface area contributed by atoms with E-state index in [1.807, 2.05) is 0 Å². The molecule has 0 spiro atoms. The maximum Gasteiger partial charge on any atom is 0.346 e. The Kier molecular flexibility index (Phi) is 7.48. The first kappa shape index (κ1) is 22.1. The normalized spacial score (nSPS) is 23.1. The second-order valence-corrected chi connectivity index (χ2v) is 6.26. The van der Waals surface area contributed by atoms with Gasteiger partial charge in [-0.3, -0.25) is 14.4 Å². The van der Waals surface area contributed by atoms with Crippen LogP contribution in [0.1, 0.15) is 26.3 Å². The molecule has 4 atom stereocenters. The molecule has 1 aliphatic heterocycles. The number of aromatic nitrogens is 2. The number of hydrogen-bond acceptors (Lipinski definition) is 10. The number of carbonyl (C=O) groups excluding carboxylic acids is 3. The van der Waals surface area contributed by atoms with E-state index in [0.717, 1.165) is 0 Å². The molecule has 1 aliphatic rings. The third-order valence-electron chi connectivity index (χ3n) is 3.90. The topological polar surface area (TPSA) is 146 Å². The quantitative estimate of drug-likeness (QED) is 0.343. The summed E-state index contributed by atoms with van der Waals surface area (Å²) in [5, 5.41) is 2.90. The molecule has 29 heavy (non-hydrogen) atoms. The lowest BCUT2D eigenvalue weighted by Gasteiger charge is -2.24. The highest BCUT2D eigenvalue weighted by Gasteiger charge is 2.50. The van der Waals surface area contributed by atoms with E-state index in [9.17, 15) is 19.2 Å². The van der Waals surface area contributed by atoms with Crippen molar-refractivity contribution in [1.82, 2.24) is 9.97 Å². The summed E-state index contributed by atoms with van der Waals surface area (Å²) >= 11 is 0. The van der Waals surface area contributed by atoms with Gasteiger partial charge in [0.05, 0.1) is 0 Å². The summed E-state index contributed by atoms with van der Waals surface area (Å²) in [5.74, 6) is -1.64. The third kappa shape index (κ3) is 6.14. The van der Waals surface area contributed by atoms with E-state index >= 15 is 0 Å². The van der Waals surface area contributed by atoms with Crippen molar-refractivity contribution in [1.29, 1.82) is 0 Å². The Labute approximate surface area is 166 Å². The summed E-state index contributed by atoms with van der Waals surface area (Å²) in [6.45, 7) is 7.02. The number of allylic oxidation sites excluding steroid dienone is 1. The zero-order valence-electron chi connectivity index (χ0n) is 16.3. The molecule has 2 rings (SSSR count). The first-order chi connectivity index (χ1) is 13.7. The minimum absolute atomic E-state index is 0.186. The molecule has 0 unspecified atom stereocenters. The number of hydrogen-bond donors (Lipinski definition) is 2. The Morgan fingerprint density at radius 3 is 2.45 bits per heavy atom. The van der Waals surface area contributed by atoms with Crippen LogP contribution in [-0.4, -0.2) is 59.0 Å².